The van der Waals surface area contributed by atoms with E-state index in [0.29, 0.717) is 5.56 Å². The van der Waals surface area contributed by atoms with E-state index in [9.17, 15) is 9.50 Å². The number of aromatic hydroxyl groups is 1. The van der Waals surface area contributed by atoms with Crippen molar-refractivity contribution >= 4 is 27.5 Å². The van der Waals surface area contributed by atoms with Crippen molar-refractivity contribution in [3.8, 4) is 5.75 Å². The third-order valence-electron chi connectivity index (χ3n) is 1.82. The van der Waals surface area contributed by atoms with Crippen molar-refractivity contribution in [3.63, 3.8) is 0 Å². The van der Waals surface area contributed by atoms with Crippen molar-refractivity contribution in [2.75, 3.05) is 6.54 Å². The van der Waals surface area contributed by atoms with E-state index in [2.05, 4.69) is 15.9 Å². The van der Waals surface area contributed by atoms with E-state index in [1.54, 1.807) is 0 Å². The molecule has 0 amide bonds. The molecule has 5 N–H and O–H groups in total. The maximum absolute atomic E-state index is 13.1. The molecule has 0 aliphatic heterocycles. The molecule has 0 saturated carbocycles. The summed E-state index contributed by atoms with van der Waals surface area (Å²) in [4.78, 5) is 0. The van der Waals surface area contributed by atoms with Gasteiger partial charge in [0, 0.05) is 18.2 Å². The third kappa shape index (κ3) is 2.00. The summed E-state index contributed by atoms with van der Waals surface area (Å²) in [6.45, 7) is 0.141. The molecule has 3 nitrogen and oxygen atoms in total. The number of nitrogens with two attached hydrogens (primary N) is 2. The Kier molecular flexibility index (Phi) is 3.71. The lowest BCUT2D eigenvalue weighted by atomic mass is 10.1. The average Bonchev–Trinajstić information content (AvgIpc) is 2.19. The van der Waals surface area contributed by atoms with E-state index in [0.717, 1.165) is 0 Å². The van der Waals surface area contributed by atoms with Crippen LogP contribution < -0.4 is 11.5 Å². The number of halogens is 3. The first-order valence-electron chi connectivity index (χ1n) is 3.81. The molecule has 0 saturated heterocycles. The fourth-order valence-corrected chi connectivity index (χ4v) is 1.78. The summed E-state index contributed by atoms with van der Waals surface area (Å²) in [5.41, 5.74) is 11.2. The summed E-state index contributed by atoms with van der Waals surface area (Å²) in [5.74, 6) is -0.970. The Morgan fingerprint density at radius 2 is 2.21 bits per heavy atom. The van der Waals surface area contributed by atoms with Crippen molar-refractivity contribution in [1.82, 2.24) is 0 Å². The van der Waals surface area contributed by atoms with Crippen LogP contribution in [0.4, 0.5) is 4.39 Å². The van der Waals surface area contributed by atoms with Crippen LogP contribution in [-0.4, -0.2) is 11.7 Å². The van der Waals surface area contributed by atoms with Crippen LogP contribution in [0.25, 0.3) is 0 Å². The first-order valence-corrected chi connectivity index (χ1v) is 4.98. The smallest absolute Gasteiger partial charge is 0.159 e. The van der Waals surface area contributed by atoms with E-state index < -0.39 is 11.9 Å². The van der Waals surface area contributed by atoms with Gasteiger partial charge in [-0.15, -0.1) is 0 Å². The lowest BCUT2D eigenvalue weighted by Gasteiger charge is -2.13. The lowest BCUT2D eigenvalue weighted by Crippen LogP contribution is -2.21. The molecule has 0 aliphatic carbocycles. The largest absolute Gasteiger partial charge is 0.506 e. The zero-order valence-corrected chi connectivity index (χ0v) is 9.44. The number of phenolic OH excluding ortho intramolecular Hbond substituents is 1. The molecule has 1 aromatic rings. The molecule has 0 fully saturated rings. The SMILES string of the molecule is NC[C@H](N)c1cc(Cl)c(F)c(Br)c1O. The second kappa shape index (κ2) is 4.44. The topological polar surface area (TPSA) is 72.3 Å². The Labute approximate surface area is 94.0 Å². The predicted octanol–water partition coefficient (Wildman–Crippen LogP) is 1.91. The molecular weight excluding hydrogens is 274 g/mol. The molecular formula is C8H9BrClFN2O. The number of hydrogen-bond donors (Lipinski definition) is 3. The zero-order chi connectivity index (χ0) is 10.9. The van der Waals surface area contributed by atoms with E-state index >= 15 is 0 Å². The predicted molar refractivity (Wildman–Crippen MR) is 56.8 cm³/mol. The van der Waals surface area contributed by atoms with Crippen LogP contribution in [0.2, 0.25) is 5.02 Å². The van der Waals surface area contributed by atoms with Crippen molar-refractivity contribution in [1.29, 1.82) is 0 Å². The minimum absolute atomic E-state index is 0.0936. The number of hydrogen-bond acceptors (Lipinski definition) is 3. The molecule has 1 aromatic carbocycles. The highest BCUT2D eigenvalue weighted by Crippen LogP contribution is 2.37. The van der Waals surface area contributed by atoms with Gasteiger partial charge in [-0.2, -0.15) is 0 Å². The van der Waals surface area contributed by atoms with Gasteiger partial charge in [-0.1, -0.05) is 11.6 Å². The summed E-state index contributed by atoms with van der Waals surface area (Å²) in [6.07, 6.45) is 0. The molecule has 0 spiro atoms. The third-order valence-corrected chi connectivity index (χ3v) is 2.82. The molecule has 78 valence electrons. The molecule has 14 heavy (non-hydrogen) atoms. The molecule has 0 unspecified atom stereocenters. The van der Waals surface area contributed by atoms with Crippen molar-refractivity contribution < 1.29 is 9.50 Å². The van der Waals surface area contributed by atoms with Crippen LogP contribution in [0.5, 0.6) is 5.75 Å². The van der Waals surface area contributed by atoms with Crippen molar-refractivity contribution in [3.05, 3.63) is 26.9 Å². The Morgan fingerprint density at radius 3 is 2.71 bits per heavy atom. The normalized spacial score (nSPS) is 12.9. The van der Waals surface area contributed by atoms with E-state index in [1.807, 2.05) is 0 Å². The van der Waals surface area contributed by atoms with Crippen LogP contribution in [0.1, 0.15) is 11.6 Å². The van der Waals surface area contributed by atoms with E-state index in [1.165, 1.54) is 6.07 Å². The monoisotopic (exact) mass is 282 g/mol. The maximum atomic E-state index is 13.1. The van der Waals surface area contributed by atoms with Gasteiger partial charge >= 0.3 is 0 Å². The first-order chi connectivity index (χ1) is 6.49. The molecule has 6 heteroatoms. The summed E-state index contributed by atoms with van der Waals surface area (Å²) < 4.78 is 13.0. The van der Waals surface area contributed by atoms with Gasteiger partial charge in [-0.05, 0) is 22.0 Å². The summed E-state index contributed by atoms with van der Waals surface area (Å²) in [7, 11) is 0. The minimum atomic E-state index is -0.711. The van der Waals surface area contributed by atoms with Crippen LogP contribution >= 0.6 is 27.5 Å². The molecule has 1 rings (SSSR count). The van der Waals surface area contributed by atoms with Crippen LogP contribution in [-0.2, 0) is 0 Å². The highest BCUT2D eigenvalue weighted by molar-refractivity contribution is 9.10. The summed E-state index contributed by atoms with van der Waals surface area (Å²) in [6, 6.07) is 0.707. The molecule has 0 radical (unpaired) electrons. The van der Waals surface area contributed by atoms with Crippen LogP contribution in [0, 0.1) is 5.82 Å². The summed E-state index contributed by atoms with van der Waals surface area (Å²) in [5, 5.41) is 9.42. The number of phenols is 1. The lowest BCUT2D eigenvalue weighted by molar-refractivity contribution is 0.451. The number of rotatable bonds is 2. The van der Waals surface area contributed by atoms with Crippen molar-refractivity contribution in [2.45, 2.75) is 6.04 Å². The average molecular weight is 284 g/mol. The highest BCUT2D eigenvalue weighted by Gasteiger charge is 2.18. The minimum Gasteiger partial charge on any atom is -0.506 e. The van der Waals surface area contributed by atoms with Gasteiger partial charge < -0.3 is 16.6 Å². The standard InChI is InChI=1S/C8H9BrClFN2O/c9-6-7(11)4(10)1-3(8(6)14)5(13)2-12/h1,5,14H,2,12-13H2/t5-/m0/s1. The van der Waals surface area contributed by atoms with Gasteiger partial charge in [0.05, 0.1) is 9.50 Å². The fraction of sp³-hybridized carbons (Fsp3) is 0.250. The van der Waals surface area contributed by atoms with Gasteiger partial charge in [0.2, 0.25) is 0 Å². The number of benzene rings is 1. The fourth-order valence-electron chi connectivity index (χ4n) is 1.01. The molecule has 0 bridgehead atoms. The Bertz CT molecular complexity index is 362. The molecule has 1 atom stereocenters. The second-order valence-corrected chi connectivity index (χ2v) is 3.97. The van der Waals surface area contributed by atoms with Crippen LogP contribution in [0.3, 0.4) is 0 Å². The van der Waals surface area contributed by atoms with Gasteiger partial charge in [0.25, 0.3) is 0 Å². The quantitative estimate of drug-likeness (QED) is 0.726. The van der Waals surface area contributed by atoms with Gasteiger partial charge in [-0.25, -0.2) is 4.39 Å². The van der Waals surface area contributed by atoms with Crippen LogP contribution in [0.15, 0.2) is 10.5 Å². The highest BCUT2D eigenvalue weighted by atomic mass is 79.9. The van der Waals surface area contributed by atoms with Gasteiger partial charge in [0.15, 0.2) is 5.82 Å². The van der Waals surface area contributed by atoms with E-state index in [-0.39, 0.29) is 21.8 Å². The van der Waals surface area contributed by atoms with Gasteiger partial charge in [-0.3, -0.25) is 0 Å². The Hall–Kier alpha value is -0.360. The van der Waals surface area contributed by atoms with E-state index in [4.69, 9.17) is 23.1 Å². The molecule has 0 aromatic heterocycles. The first kappa shape index (κ1) is 11.7. The second-order valence-electron chi connectivity index (χ2n) is 2.77. The molecule has 0 aliphatic rings. The summed E-state index contributed by atoms with van der Waals surface area (Å²) >= 11 is 8.45. The van der Waals surface area contributed by atoms with Gasteiger partial charge in [0.1, 0.15) is 5.75 Å². The maximum Gasteiger partial charge on any atom is 0.159 e. The Balaban J connectivity index is 3.33. The zero-order valence-electron chi connectivity index (χ0n) is 7.10. The van der Waals surface area contributed by atoms with Crippen molar-refractivity contribution in [2.24, 2.45) is 11.5 Å². The molecule has 0 heterocycles. The Morgan fingerprint density at radius 1 is 1.64 bits per heavy atom.